The average Bonchev–Trinajstić information content (AvgIpc) is 2.94. The number of hydrogen-bond acceptors (Lipinski definition) is 2. The Kier molecular flexibility index (Phi) is 5.03. The number of benzene rings is 1. The van der Waals surface area contributed by atoms with Crippen molar-refractivity contribution in [2.75, 3.05) is 13.1 Å². The summed E-state index contributed by atoms with van der Waals surface area (Å²) in [6.07, 6.45) is 2.18. The number of carbonyl (C=O) groups is 1. The van der Waals surface area contributed by atoms with Gasteiger partial charge in [-0.15, -0.1) is 0 Å². The zero-order valence-electron chi connectivity index (χ0n) is 13.1. The van der Waals surface area contributed by atoms with Crippen molar-refractivity contribution in [3.63, 3.8) is 0 Å². The van der Waals surface area contributed by atoms with Crippen molar-refractivity contribution in [2.45, 2.75) is 39.7 Å². The van der Waals surface area contributed by atoms with Gasteiger partial charge < -0.3 is 10.6 Å². The van der Waals surface area contributed by atoms with Gasteiger partial charge in [0.15, 0.2) is 0 Å². The van der Waals surface area contributed by atoms with Crippen LogP contribution in [0.5, 0.6) is 0 Å². The topological polar surface area (TPSA) is 46.3 Å². The molecule has 112 valence electrons. The van der Waals surface area contributed by atoms with E-state index >= 15 is 0 Å². The van der Waals surface area contributed by atoms with Gasteiger partial charge in [0.25, 0.3) is 5.91 Å². The van der Waals surface area contributed by atoms with Crippen LogP contribution in [0, 0.1) is 24.7 Å². The number of hydrogen-bond donors (Lipinski definition) is 1. The first-order chi connectivity index (χ1) is 10.0. The second kappa shape index (κ2) is 6.78. The van der Waals surface area contributed by atoms with Crippen LogP contribution in [-0.2, 0) is 0 Å². The summed E-state index contributed by atoms with van der Waals surface area (Å²) in [7, 11) is 0. The Bertz CT molecular complexity index is 581. The lowest BCUT2D eigenvalue weighted by molar-refractivity contribution is 0.0701. The number of likely N-dealkylation sites (tertiary alicyclic amines) is 1. The Labute approximate surface area is 127 Å². The van der Waals surface area contributed by atoms with Crippen LogP contribution in [0.3, 0.4) is 0 Å². The molecule has 0 aromatic heterocycles. The first-order valence-corrected chi connectivity index (χ1v) is 7.65. The molecule has 21 heavy (non-hydrogen) atoms. The second-order valence-corrected chi connectivity index (χ2v) is 6.01. The van der Waals surface area contributed by atoms with Crippen LogP contribution in [0.25, 0.3) is 0 Å². The van der Waals surface area contributed by atoms with Crippen LogP contribution in [0.15, 0.2) is 18.2 Å². The van der Waals surface area contributed by atoms with E-state index in [2.05, 4.69) is 25.7 Å². The van der Waals surface area contributed by atoms with Gasteiger partial charge in [-0.05, 0) is 43.4 Å². The van der Waals surface area contributed by atoms with Gasteiger partial charge in [-0.1, -0.05) is 31.8 Å². The summed E-state index contributed by atoms with van der Waals surface area (Å²) >= 11 is 0. The predicted octanol–water partition coefficient (Wildman–Crippen LogP) is 2.57. The van der Waals surface area contributed by atoms with Crippen LogP contribution in [0.2, 0.25) is 0 Å². The Morgan fingerprint density at radius 1 is 1.48 bits per heavy atom. The molecule has 3 nitrogen and oxygen atoms in total. The summed E-state index contributed by atoms with van der Waals surface area (Å²) in [6.45, 7) is 7.52. The lowest BCUT2D eigenvalue weighted by Crippen LogP contribution is -2.38. The van der Waals surface area contributed by atoms with Crippen LogP contribution in [0.1, 0.15) is 48.2 Å². The molecule has 0 saturated carbocycles. The van der Waals surface area contributed by atoms with Crippen LogP contribution < -0.4 is 5.73 Å². The zero-order chi connectivity index (χ0) is 15.4. The largest absolute Gasteiger partial charge is 0.335 e. The van der Waals surface area contributed by atoms with Gasteiger partial charge in [0.1, 0.15) is 0 Å². The van der Waals surface area contributed by atoms with E-state index in [1.165, 1.54) is 0 Å². The number of nitrogens with two attached hydrogens (primary N) is 1. The molecule has 1 atom stereocenters. The van der Waals surface area contributed by atoms with Crippen molar-refractivity contribution in [2.24, 2.45) is 11.7 Å². The molecule has 1 aliphatic rings. The molecule has 2 rings (SSSR count). The van der Waals surface area contributed by atoms with Gasteiger partial charge in [0.05, 0.1) is 12.1 Å². The summed E-state index contributed by atoms with van der Waals surface area (Å²) in [5.74, 6) is 6.49. The van der Waals surface area contributed by atoms with E-state index in [1.54, 1.807) is 0 Å². The Balaban J connectivity index is 2.34. The monoisotopic (exact) mass is 284 g/mol. The second-order valence-electron chi connectivity index (χ2n) is 6.01. The molecule has 1 aromatic rings. The molecule has 1 amide bonds. The fraction of sp³-hybridized carbons (Fsp3) is 0.500. The lowest BCUT2D eigenvalue weighted by atomic mass is 9.99. The van der Waals surface area contributed by atoms with Crippen molar-refractivity contribution in [3.05, 3.63) is 34.9 Å². The van der Waals surface area contributed by atoms with Crippen molar-refractivity contribution in [1.29, 1.82) is 0 Å². The molecule has 3 heteroatoms. The highest BCUT2D eigenvalue weighted by Gasteiger charge is 2.32. The minimum atomic E-state index is 0.104. The van der Waals surface area contributed by atoms with E-state index in [1.807, 2.05) is 30.0 Å². The molecular weight excluding hydrogens is 260 g/mol. The quantitative estimate of drug-likeness (QED) is 0.848. The average molecular weight is 284 g/mol. The van der Waals surface area contributed by atoms with Crippen molar-refractivity contribution in [1.82, 2.24) is 4.90 Å². The molecule has 1 heterocycles. The highest BCUT2D eigenvalue weighted by molar-refractivity contribution is 5.97. The van der Waals surface area contributed by atoms with E-state index in [-0.39, 0.29) is 5.91 Å². The highest BCUT2D eigenvalue weighted by atomic mass is 16.2. The normalized spacial score (nSPS) is 17.8. The molecular formula is C18H24N2O. The van der Waals surface area contributed by atoms with Gasteiger partial charge in [0.2, 0.25) is 0 Å². The summed E-state index contributed by atoms with van der Waals surface area (Å²) in [6, 6.07) is 6.18. The van der Waals surface area contributed by atoms with E-state index < -0.39 is 0 Å². The third-order valence-electron chi connectivity index (χ3n) is 4.06. The third kappa shape index (κ3) is 3.46. The SMILES string of the molecule is Cc1ccc(C(=O)N2CCCC2C(C)C)c(C#CCN)c1. The van der Waals surface area contributed by atoms with Crippen LogP contribution in [-0.4, -0.2) is 29.9 Å². The van der Waals surface area contributed by atoms with Crippen molar-refractivity contribution >= 4 is 5.91 Å². The molecule has 0 aliphatic carbocycles. The van der Waals surface area contributed by atoms with Crippen molar-refractivity contribution < 1.29 is 4.79 Å². The minimum Gasteiger partial charge on any atom is -0.335 e. The van der Waals surface area contributed by atoms with E-state index in [0.717, 1.165) is 30.5 Å². The maximum Gasteiger partial charge on any atom is 0.255 e. The number of nitrogens with zero attached hydrogens (tertiary/aromatic N) is 1. The van der Waals surface area contributed by atoms with Crippen molar-refractivity contribution in [3.8, 4) is 11.8 Å². The Hall–Kier alpha value is -1.79. The lowest BCUT2D eigenvalue weighted by Gasteiger charge is -2.28. The molecule has 0 bridgehead atoms. The van der Waals surface area contributed by atoms with Gasteiger partial charge in [-0.3, -0.25) is 4.79 Å². The van der Waals surface area contributed by atoms with Gasteiger partial charge in [-0.25, -0.2) is 0 Å². The third-order valence-corrected chi connectivity index (χ3v) is 4.06. The van der Waals surface area contributed by atoms with Crippen LogP contribution >= 0.6 is 0 Å². The molecule has 0 spiro atoms. The highest BCUT2D eigenvalue weighted by Crippen LogP contribution is 2.26. The zero-order valence-corrected chi connectivity index (χ0v) is 13.1. The molecule has 1 unspecified atom stereocenters. The number of rotatable bonds is 2. The summed E-state index contributed by atoms with van der Waals surface area (Å²) in [5, 5.41) is 0. The number of aryl methyl sites for hydroxylation is 1. The molecule has 0 radical (unpaired) electrons. The van der Waals surface area contributed by atoms with E-state index in [0.29, 0.717) is 24.1 Å². The molecule has 1 saturated heterocycles. The minimum absolute atomic E-state index is 0.104. The summed E-state index contributed by atoms with van der Waals surface area (Å²) in [5.41, 5.74) is 8.06. The maximum atomic E-state index is 12.9. The standard InChI is InChI=1S/C18H24N2O/c1-13(2)17-7-5-11-20(17)18(21)16-9-8-14(3)12-15(16)6-4-10-19/h8-9,12-13,17H,5,7,10-11,19H2,1-3H3. The summed E-state index contributed by atoms with van der Waals surface area (Å²) < 4.78 is 0. The number of carbonyl (C=O) groups excluding carboxylic acids is 1. The van der Waals surface area contributed by atoms with Crippen LogP contribution in [0.4, 0.5) is 0 Å². The Morgan fingerprint density at radius 3 is 2.90 bits per heavy atom. The Morgan fingerprint density at radius 2 is 2.24 bits per heavy atom. The number of amides is 1. The van der Waals surface area contributed by atoms with E-state index in [4.69, 9.17) is 5.73 Å². The summed E-state index contributed by atoms with van der Waals surface area (Å²) in [4.78, 5) is 14.9. The molecule has 1 aliphatic heterocycles. The molecule has 1 fully saturated rings. The van der Waals surface area contributed by atoms with Gasteiger partial charge in [-0.2, -0.15) is 0 Å². The fourth-order valence-corrected chi connectivity index (χ4v) is 2.99. The smallest absolute Gasteiger partial charge is 0.255 e. The van der Waals surface area contributed by atoms with Gasteiger partial charge in [0, 0.05) is 18.2 Å². The van der Waals surface area contributed by atoms with Gasteiger partial charge >= 0.3 is 0 Å². The fourth-order valence-electron chi connectivity index (χ4n) is 2.99. The predicted molar refractivity (Wildman–Crippen MR) is 86.0 cm³/mol. The van der Waals surface area contributed by atoms with E-state index in [9.17, 15) is 4.79 Å². The maximum absolute atomic E-state index is 12.9. The first-order valence-electron chi connectivity index (χ1n) is 7.65. The first kappa shape index (κ1) is 15.6. The molecule has 1 aromatic carbocycles. The molecule has 2 N–H and O–H groups in total.